The van der Waals surface area contributed by atoms with Gasteiger partial charge < -0.3 is 9.80 Å². The minimum atomic E-state index is -0.0572. The van der Waals surface area contributed by atoms with Crippen LogP contribution in [0.25, 0.3) is 0 Å². The highest BCUT2D eigenvalue weighted by atomic mass is 35.5. The van der Waals surface area contributed by atoms with Crippen molar-refractivity contribution in [1.29, 1.82) is 0 Å². The van der Waals surface area contributed by atoms with Crippen LogP contribution >= 0.6 is 11.6 Å². The lowest BCUT2D eigenvalue weighted by Gasteiger charge is -2.33. The molecule has 1 aliphatic rings. The number of hydrogen-bond acceptors (Lipinski definition) is 3. The number of carbonyl (C=O) groups is 2. The number of carbonyl (C=O) groups excluding carboxylic acids is 2. The van der Waals surface area contributed by atoms with Gasteiger partial charge in [-0.15, -0.1) is 0 Å². The van der Waals surface area contributed by atoms with E-state index < -0.39 is 0 Å². The summed E-state index contributed by atoms with van der Waals surface area (Å²) in [4.78, 5) is 30.8. The molecule has 1 aromatic rings. The first-order chi connectivity index (χ1) is 8.60. The fraction of sp³-hybridized carbons (Fsp3) is 0.417. The lowest BCUT2D eigenvalue weighted by Crippen LogP contribution is -2.53. The normalized spacial score (nSPS) is 16.3. The SMILES string of the molecule is CCN1CC(=O)N(Cc2cc(Cl)ccn2)CC1=O. The van der Waals surface area contributed by atoms with Gasteiger partial charge in [-0.2, -0.15) is 0 Å². The van der Waals surface area contributed by atoms with Crippen LogP contribution < -0.4 is 0 Å². The molecule has 1 aromatic heterocycles. The highest BCUT2D eigenvalue weighted by Gasteiger charge is 2.28. The van der Waals surface area contributed by atoms with E-state index in [1.54, 1.807) is 23.2 Å². The summed E-state index contributed by atoms with van der Waals surface area (Å²) in [5.74, 6) is -0.0858. The molecule has 5 nitrogen and oxygen atoms in total. The van der Waals surface area contributed by atoms with Gasteiger partial charge in [0.05, 0.1) is 18.8 Å². The Morgan fingerprint density at radius 2 is 1.94 bits per heavy atom. The molecule has 0 spiro atoms. The summed E-state index contributed by atoms with van der Waals surface area (Å²) in [7, 11) is 0. The molecule has 96 valence electrons. The number of hydrogen-bond donors (Lipinski definition) is 0. The number of rotatable bonds is 3. The van der Waals surface area contributed by atoms with Gasteiger partial charge in [-0.1, -0.05) is 11.6 Å². The molecule has 2 heterocycles. The largest absolute Gasteiger partial charge is 0.332 e. The summed E-state index contributed by atoms with van der Waals surface area (Å²) >= 11 is 5.85. The van der Waals surface area contributed by atoms with Gasteiger partial charge in [0.15, 0.2) is 0 Å². The van der Waals surface area contributed by atoms with Crippen molar-refractivity contribution in [3.8, 4) is 0 Å². The number of pyridine rings is 1. The maximum atomic E-state index is 11.9. The van der Waals surface area contributed by atoms with Crippen LogP contribution in [0.3, 0.4) is 0 Å². The van der Waals surface area contributed by atoms with Crippen molar-refractivity contribution in [1.82, 2.24) is 14.8 Å². The van der Waals surface area contributed by atoms with E-state index in [9.17, 15) is 9.59 Å². The van der Waals surface area contributed by atoms with Gasteiger partial charge in [-0.05, 0) is 19.1 Å². The predicted molar refractivity (Wildman–Crippen MR) is 66.9 cm³/mol. The van der Waals surface area contributed by atoms with Gasteiger partial charge >= 0.3 is 0 Å². The number of likely N-dealkylation sites (N-methyl/N-ethyl adjacent to an activating group) is 1. The Balaban J connectivity index is 2.06. The second-order valence-electron chi connectivity index (χ2n) is 4.12. The third kappa shape index (κ3) is 2.79. The minimum absolute atomic E-state index is 0.0286. The number of piperazine rings is 1. The maximum Gasteiger partial charge on any atom is 0.243 e. The van der Waals surface area contributed by atoms with E-state index in [4.69, 9.17) is 11.6 Å². The molecule has 0 unspecified atom stereocenters. The molecule has 0 aliphatic carbocycles. The summed E-state index contributed by atoms with van der Waals surface area (Å²) in [5, 5.41) is 0.575. The van der Waals surface area contributed by atoms with Crippen LogP contribution in [0.4, 0.5) is 0 Å². The first kappa shape index (κ1) is 12.8. The van der Waals surface area contributed by atoms with Crippen molar-refractivity contribution in [2.45, 2.75) is 13.5 Å². The molecule has 1 fully saturated rings. The Hall–Kier alpha value is -1.62. The Kier molecular flexibility index (Phi) is 3.81. The molecule has 0 bridgehead atoms. The van der Waals surface area contributed by atoms with Gasteiger partial charge in [0.1, 0.15) is 6.54 Å². The van der Waals surface area contributed by atoms with Crippen molar-refractivity contribution in [2.24, 2.45) is 0 Å². The van der Waals surface area contributed by atoms with Crippen molar-refractivity contribution in [3.05, 3.63) is 29.0 Å². The third-order valence-electron chi connectivity index (χ3n) is 2.87. The summed E-state index contributed by atoms with van der Waals surface area (Å²) in [6.07, 6.45) is 1.59. The van der Waals surface area contributed by atoms with E-state index in [2.05, 4.69) is 4.98 Å². The van der Waals surface area contributed by atoms with E-state index in [0.717, 1.165) is 0 Å². The van der Waals surface area contributed by atoms with Crippen molar-refractivity contribution in [3.63, 3.8) is 0 Å². The summed E-state index contributed by atoms with van der Waals surface area (Å²) in [6.45, 7) is 3.01. The molecule has 0 aromatic carbocycles. The maximum absolute atomic E-state index is 11.9. The van der Waals surface area contributed by atoms with E-state index in [0.29, 0.717) is 23.8 Å². The summed E-state index contributed by atoms with van der Waals surface area (Å²) < 4.78 is 0. The fourth-order valence-electron chi connectivity index (χ4n) is 1.87. The van der Waals surface area contributed by atoms with Crippen molar-refractivity contribution in [2.75, 3.05) is 19.6 Å². The number of amides is 2. The molecule has 1 aliphatic heterocycles. The lowest BCUT2D eigenvalue weighted by molar-refractivity contribution is -0.150. The average molecular weight is 268 g/mol. The number of aromatic nitrogens is 1. The first-order valence-electron chi connectivity index (χ1n) is 5.76. The van der Waals surface area contributed by atoms with Crippen LogP contribution in [0.5, 0.6) is 0 Å². The molecular weight excluding hydrogens is 254 g/mol. The predicted octanol–water partition coefficient (Wildman–Crippen LogP) is 0.926. The smallest absolute Gasteiger partial charge is 0.243 e. The monoisotopic (exact) mass is 267 g/mol. The molecule has 6 heteroatoms. The Bertz CT molecular complexity index is 478. The van der Waals surface area contributed by atoms with Crippen LogP contribution in [0.15, 0.2) is 18.3 Å². The number of nitrogens with zero attached hydrogens (tertiary/aromatic N) is 3. The van der Waals surface area contributed by atoms with E-state index in [1.807, 2.05) is 6.92 Å². The van der Waals surface area contributed by atoms with Crippen LogP contribution in [-0.2, 0) is 16.1 Å². The Labute approximate surface area is 110 Å². The second kappa shape index (κ2) is 5.35. The van der Waals surface area contributed by atoms with Crippen LogP contribution in [0.2, 0.25) is 5.02 Å². The summed E-state index contributed by atoms with van der Waals surface area (Å²) in [5.41, 5.74) is 0.689. The highest BCUT2D eigenvalue weighted by Crippen LogP contribution is 2.12. The van der Waals surface area contributed by atoms with Gasteiger partial charge in [0.25, 0.3) is 0 Å². The van der Waals surface area contributed by atoms with Crippen LogP contribution in [-0.4, -0.2) is 46.2 Å². The molecule has 0 atom stereocenters. The molecule has 18 heavy (non-hydrogen) atoms. The lowest BCUT2D eigenvalue weighted by atomic mass is 10.2. The Morgan fingerprint density at radius 1 is 1.28 bits per heavy atom. The molecule has 0 saturated carbocycles. The van der Waals surface area contributed by atoms with Crippen LogP contribution in [0.1, 0.15) is 12.6 Å². The number of halogens is 1. The molecule has 2 amide bonds. The topological polar surface area (TPSA) is 53.5 Å². The molecule has 1 saturated heterocycles. The molecule has 0 radical (unpaired) electrons. The van der Waals surface area contributed by atoms with Gasteiger partial charge in [-0.3, -0.25) is 14.6 Å². The van der Waals surface area contributed by atoms with Crippen molar-refractivity contribution >= 4 is 23.4 Å². The van der Waals surface area contributed by atoms with Gasteiger partial charge in [-0.25, -0.2) is 0 Å². The standard InChI is InChI=1S/C12H14ClN3O2/c1-2-15-7-12(18)16(8-11(15)17)6-10-5-9(13)3-4-14-10/h3-5H,2,6-8H2,1H3. The summed E-state index contributed by atoms with van der Waals surface area (Å²) in [6, 6.07) is 3.37. The zero-order valence-corrected chi connectivity index (χ0v) is 10.9. The zero-order valence-electron chi connectivity index (χ0n) is 10.1. The Morgan fingerprint density at radius 3 is 2.61 bits per heavy atom. The van der Waals surface area contributed by atoms with E-state index >= 15 is 0 Å². The van der Waals surface area contributed by atoms with Crippen LogP contribution in [0, 0.1) is 0 Å². The second-order valence-corrected chi connectivity index (χ2v) is 4.56. The first-order valence-corrected chi connectivity index (χ1v) is 6.14. The van der Waals surface area contributed by atoms with E-state index in [1.165, 1.54) is 4.90 Å². The van der Waals surface area contributed by atoms with Gasteiger partial charge in [0, 0.05) is 17.8 Å². The molecule has 0 N–H and O–H groups in total. The van der Waals surface area contributed by atoms with Crippen molar-refractivity contribution < 1.29 is 9.59 Å². The zero-order chi connectivity index (χ0) is 13.1. The quantitative estimate of drug-likeness (QED) is 0.819. The van der Waals surface area contributed by atoms with E-state index in [-0.39, 0.29) is 24.9 Å². The van der Waals surface area contributed by atoms with Gasteiger partial charge in [0.2, 0.25) is 11.8 Å². The minimum Gasteiger partial charge on any atom is -0.332 e. The molecular formula is C12H14ClN3O2. The third-order valence-corrected chi connectivity index (χ3v) is 3.11. The fourth-order valence-corrected chi connectivity index (χ4v) is 2.05. The highest BCUT2D eigenvalue weighted by molar-refractivity contribution is 6.30. The molecule has 2 rings (SSSR count). The average Bonchev–Trinajstić information content (AvgIpc) is 2.33.